The monoisotopic (exact) mass is 363 g/mol. The molecule has 0 radical (unpaired) electrons. The molecule has 1 saturated heterocycles. The number of carbonyl (C=O) groups excluding carboxylic acids is 4. The predicted octanol–water partition coefficient (Wildman–Crippen LogP) is 1.23. The third-order valence-corrected chi connectivity index (χ3v) is 3.85. The molecular weight excluding hydrogens is 342 g/mol. The van der Waals surface area contributed by atoms with Crippen LogP contribution in [0.5, 0.6) is 11.5 Å². The summed E-state index contributed by atoms with van der Waals surface area (Å²) in [7, 11) is 2.92. The topological polar surface area (TPSA) is 105 Å². The minimum absolute atomic E-state index is 0.154. The van der Waals surface area contributed by atoms with Crippen molar-refractivity contribution in [3.05, 3.63) is 18.2 Å². The van der Waals surface area contributed by atoms with E-state index in [0.717, 1.165) is 11.3 Å². The molecule has 0 saturated carbocycles. The molecule has 1 aromatic rings. The van der Waals surface area contributed by atoms with Crippen LogP contribution in [0.15, 0.2) is 18.2 Å². The second-order valence-corrected chi connectivity index (χ2v) is 5.60. The SMILES string of the molecule is CCCCN1C(=O)C(=O)N(CC(=O)Nc2cc(OC)ccc2OC)C1=O. The molecule has 1 N–H and O–H groups in total. The Hall–Kier alpha value is -3.10. The van der Waals surface area contributed by atoms with Gasteiger partial charge in [-0.25, -0.2) is 9.69 Å². The highest BCUT2D eigenvalue weighted by atomic mass is 16.5. The van der Waals surface area contributed by atoms with E-state index >= 15 is 0 Å². The normalized spacial score (nSPS) is 14.0. The molecule has 2 rings (SSSR count). The molecule has 9 nitrogen and oxygen atoms in total. The van der Waals surface area contributed by atoms with Gasteiger partial charge < -0.3 is 14.8 Å². The predicted molar refractivity (Wildman–Crippen MR) is 91.9 cm³/mol. The smallest absolute Gasteiger partial charge is 0.334 e. The van der Waals surface area contributed by atoms with Crippen molar-refractivity contribution in [1.82, 2.24) is 9.80 Å². The van der Waals surface area contributed by atoms with Gasteiger partial charge in [-0.15, -0.1) is 0 Å². The summed E-state index contributed by atoms with van der Waals surface area (Å²) in [6.45, 7) is 1.49. The Balaban J connectivity index is 2.09. The second-order valence-electron chi connectivity index (χ2n) is 5.60. The lowest BCUT2D eigenvalue weighted by Gasteiger charge is -2.16. The minimum Gasteiger partial charge on any atom is -0.497 e. The van der Waals surface area contributed by atoms with E-state index < -0.39 is 30.3 Å². The first-order valence-electron chi connectivity index (χ1n) is 8.12. The molecule has 1 heterocycles. The van der Waals surface area contributed by atoms with Crippen molar-refractivity contribution in [2.24, 2.45) is 0 Å². The number of hydrogen-bond acceptors (Lipinski definition) is 6. The Morgan fingerprint density at radius 3 is 2.38 bits per heavy atom. The lowest BCUT2D eigenvalue weighted by atomic mass is 10.2. The van der Waals surface area contributed by atoms with Crippen molar-refractivity contribution in [1.29, 1.82) is 0 Å². The van der Waals surface area contributed by atoms with Crippen LogP contribution in [0.4, 0.5) is 10.5 Å². The Morgan fingerprint density at radius 1 is 1.08 bits per heavy atom. The third kappa shape index (κ3) is 3.93. The summed E-state index contributed by atoms with van der Waals surface area (Å²) >= 11 is 0. The van der Waals surface area contributed by atoms with Gasteiger partial charge in [-0.3, -0.25) is 19.3 Å². The number of benzene rings is 1. The number of ether oxygens (including phenoxy) is 2. The first-order chi connectivity index (χ1) is 12.4. The number of amides is 5. The number of imide groups is 2. The van der Waals surface area contributed by atoms with Crippen molar-refractivity contribution >= 4 is 29.4 Å². The highest BCUT2D eigenvalue weighted by Crippen LogP contribution is 2.28. The molecule has 5 amide bonds. The van der Waals surface area contributed by atoms with Gasteiger partial charge in [-0.1, -0.05) is 13.3 Å². The fourth-order valence-corrected chi connectivity index (χ4v) is 2.45. The molecule has 0 aliphatic carbocycles. The molecule has 0 unspecified atom stereocenters. The molecule has 1 aliphatic rings. The molecule has 0 spiro atoms. The summed E-state index contributed by atoms with van der Waals surface area (Å²) in [6, 6.07) is 4.03. The number of nitrogens with zero attached hydrogens (tertiary/aromatic N) is 2. The summed E-state index contributed by atoms with van der Waals surface area (Å²) in [5.41, 5.74) is 0.324. The summed E-state index contributed by atoms with van der Waals surface area (Å²) in [5, 5.41) is 2.56. The zero-order valence-corrected chi connectivity index (χ0v) is 14.9. The first-order valence-corrected chi connectivity index (χ1v) is 8.12. The molecule has 1 aliphatic heterocycles. The van der Waals surface area contributed by atoms with E-state index in [0.29, 0.717) is 28.5 Å². The molecule has 0 atom stereocenters. The number of methoxy groups -OCH3 is 2. The quantitative estimate of drug-likeness (QED) is 0.550. The molecule has 9 heteroatoms. The van der Waals surface area contributed by atoms with Crippen LogP contribution in [0.25, 0.3) is 0 Å². The second kappa shape index (κ2) is 8.32. The zero-order valence-electron chi connectivity index (χ0n) is 14.9. The Kier molecular flexibility index (Phi) is 6.16. The molecule has 140 valence electrons. The van der Waals surface area contributed by atoms with Gasteiger partial charge in [0.05, 0.1) is 19.9 Å². The van der Waals surface area contributed by atoms with E-state index in [1.807, 2.05) is 6.92 Å². The fraction of sp³-hybridized carbons (Fsp3) is 0.412. The van der Waals surface area contributed by atoms with Crippen LogP contribution in [0.1, 0.15) is 19.8 Å². The van der Waals surface area contributed by atoms with Crippen LogP contribution in [-0.2, 0) is 14.4 Å². The van der Waals surface area contributed by atoms with Gasteiger partial charge in [-0.2, -0.15) is 0 Å². The van der Waals surface area contributed by atoms with Crippen LogP contribution in [0.3, 0.4) is 0 Å². The van der Waals surface area contributed by atoms with E-state index in [1.54, 1.807) is 18.2 Å². The van der Waals surface area contributed by atoms with Crippen LogP contribution in [0.2, 0.25) is 0 Å². The first kappa shape index (κ1) is 19.2. The maximum Gasteiger partial charge on any atom is 0.334 e. The van der Waals surface area contributed by atoms with E-state index in [9.17, 15) is 19.2 Å². The highest BCUT2D eigenvalue weighted by Gasteiger charge is 2.44. The van der Waals surface area contributed by atoms with Gasteiger partial charge in [0.15, 0.2) is 0 Å². The number of nitrogens with one attached hydrogen (secondary N) is 1. The van der Waals surface area contributed by atoms with E-state index in [2.05, 4.69) is 5.32 Å². The van der Waals surface area contributed by atoms with Gasteiger partial charge >= 0.3 is 17.8 Å². The standard InChI is InChI=1S/C17H21N3O6/c1-4-5-8-19-15(22)16(23)20(17(19)24)10-14(21)18-12-9-11(25-2)6-7-13(12)26-3/h6-7,9H,4-5,8,10H2,1-3H3,(H,18,21). The van der Waals surface area contributed by atoms with Crippen molar-refractivity contribution in [3.8, 4) is 11.5 Å². The van der Waals surface area contributed by atoms with Crippen LogP contribution in [0, 0.1) is 0 Å². The summed E-state index contributed by atoms with van der Waals surface area (Å²) in [6.07, 6.45) is 1.35. The van der Waals surface area contributed by atoms with Gasteiger partial charge in [0.2, 0.25) is 5.91 Å². The molecule has 1 aromatic carbocycles. The van der Waals surface area contributed by atoms with Crippen molar-refractivity contribution in [2.45, 2.75) is 19.8 Å². The molecule has 0 aromatic heterocycles. The molecule has 0 bridgehead atoms. The largest absolute Gasteiger partial charge is 0.497 e. The molecular formula is C17H21N3O6. The number of hydrogen-bond donors (Lipinski definition) is 1. The minimum atomic E-state index is -1.00. The van der Waals surface area contributed by atoms with Gasteiger partial charge in [-0.05, 0) is 18.6 Å². The maximum absolute atomic E-state index is 12.3. The third-order valence-electron chi connectivity index (χ3n) is 3.85. The van der Waals surface area contributed by atoms with Crippen molar-refractivity contribution < 1.29 is 28.7 Å². The van der Waals surface area contributed by atoms with E-state index in [-0.39, 0.29) is 6.54 Å². The van der Waals surface area contributed by atoms with Crippen molar-refractivity contribution in [3.63, 3.8) is 0 Å². The van der Waals surface area contributed by atoms with Crippen LogP contribution in [-0.4, -0.2) is 60.9 Å². The summed E-state index contributed by atoms with van der Waals surface area (Å²) in [5.74, 6) is -1.66. The van der Waals surface area contributed by atoms with E-state index in [4.69, 9.17) is 9.47 Å². The number of anilines is 1. The maximum atomic E-state index is 12.3. The fourth-order valence-electron chi connectivity index (χ4n) is 2.45. The van der Waals surface area contributed by atoms with Crippen LogP contribution >= 0.6 is 0 Å². The van der Waals surface area contributed by atoms with Gasteiger partial charge in [0.25, 0.3) is 0 Å². The Labute approximate surface area is 150 Å². The van der Waals surface area contributed by atoms with Gasteiger partial charge in [0, 0.05) is 12.6 Å². The lowest BCUT2D eigenvalue weighted by Crippen LogP contribution is -2.39. The highest BCUT2D eigenvalue weighted by molar-refractivity contribution is 6.45. The summed E-state index contributed by atoms with van der Waals surface area (Å²) in [4.78, 5) is 49.9. The number of rotatable bonds is 8. The lowest BCUT2D eigenvalue weighted by molar-refractivity contribution is -0.143. The average molecular weight is 363 g/mol. The number of unbranched alkanes of at least 4 members (excludes halogenated alkanes) is 1. The Morgan fingerprint density at radius 2 is 1.77 bits per heavy atom. The Bertz CT molecular complexity index is 733. The average Bonchev–Trinajstić information content (AvgIpc) is 2.83. The van der Waals surface area contributed by atoms with Crippen LogP contribution < -0.4 is 14.8 Å². The molecule has 1 fully saturated rings. The number of urea groups is 1. The molecule has 26 heavy (non-hydrogen) atoms. The van der Waals surface area contributed by atoms with Crippen molar-refractivity contribution in [2.75, 3.05) is 32.6 Å². The number of carbonyl (C=O) groups is 4. The zero-order chi connectivity index (χ0) is 19.3. The van der Waals surface area contributed by atoms with E-state index in [1.165, 1.54) is 14.2 Å². The van der Waals surface area contributed by atoms with Gasteiger partial charge in [0.1, 0.15) is 18.0 Å². The summed E-state index contributed by atoms with van der Waals surface area (Å²) < 4.78 is 10.2.